The number of allylic oxidation sites excluding steroid dienone is 2. The van der Waals surface area contributed by atoms with E-state index in [4.69, 9.17) is 19.9 Å². The summed E-state index contributed by atoms with van der Waals surface area (Å²) in [5.74, 6) is -2.35. The molecule has 14 heteroatoms. The van der Waals surface area contributed by atoms with E-state index in [2.05, 4.69) is 9.71 Å². The van der Waals surface area contributed by atoms with Gasteiger partial charge in [-0.15, -0.1) is 0 Å². The third kappa shape index (κ3) is 6.79. The highest BCUT2D eigenvalue weighted by atomic mass is 32.2. The minimum absolute atomic E-state index is 0.0130. The Bertz CT molecular complexity index is 1780. The van der Waals surface area contributed by atoms with Gasteiger partial charge < -0.3 is 24.8 Å². The Balaban J connectivity index is 1.32. The summed E-state index contributed by atoms with van der Waals surface area (Å²) in [7, 11) is -2.57. The van der Waals surface area contributed by atoms with Gasteiger partial charge in [0.1, 0.15) is 12.1 Å². The molecule has 12 nitrogen and oxygen atoms in total. The minimum atomic E-state index is -3.94. The molecule has 1 aromatic heterocycles. The summed E-state index contributed by atoms with van der Waals surface area (Å²) in [5.41, 5.74) is 5.27. The molecular weight excluding hydrogens is 655 g/mol. The molecule has 2 amide bonds. The number of Topliss-reactive ketones (excluding diaryl/α,β-unsaturated/α-hetero) is 1. The van der Waals surface area contributed by atoms with E-state index in [0.717, 1.165) is 0 Å². The standard InChI is InChI=1S/C35H45FN4O8S/c1-5-28-30(37)32(42)40-19-23(48-31-24-16-25(36)29(46-4)14-21(24)10-13-38-31)15-26(40)27(41)18-35(17-22(35)9-7-6-8-20(2)47-28)33(43)39-49(44,45)34(3)11-12-34/h7,9-10,13-14,16,20,22-23,26,28,30H,5-6,8,11-12,15,17-19,37H2,1-4H3,(H,39,43)/b9-7-/t20-,22-,23-,26+,28+,30+,35-/m1/s1. The molecule has 2 aliphatic carbocycles. The van der Waals surface area contributed by atoms with Crippen LogP contribution in [0.5, 0.6) is 11.6 Å². The zero-order valence-electron chi connectivity index (χ0n) is 28.3. The Morgan fingerprint density at radius 3 is 2.71 bits per heavy atom. The molecule has 2 aromatic rings. The highest BCUT2D eigenvalue weighted by Gasteiger charge is 2.62. The lowest BCUT2D eigenvalue weighted by Gasteiger charge is -2.31. The summed E-state index contributed by atoms with van der Waals surface area (Å²) >= 11 is 0. The van der Waals surface area contributed by atoms with Gasteiger partial charge >= 0.3 is 0 Å². The van der Waals surface area contributed by atoms with Gasteiger partial charge in [0, 0.05) is 24.4 Å². The van der Waals surface area contributed by atoms with Crippen LogP contribution in [0.3, 0.4) is 0 Å². The monoisotopic (exact) mass is 700 g/mol. The van der Waals surface area contributed by atoms with Gasteiger partial charge in [-0.2, -0.15) is 0 Å². The molecule has 0 radical (unpaired) electrons. The molecule has 4 aliphatic rings. The van der Waals surface area contributed by atoms with Crippen LogP contribution in [0.25, 0.3) is 10.8 Å². The second-order valence-electron chi connectivity index (χ2n) is 14.2. The number of hydrogen-bond donors (Lipinski definition) is 2. The van der Waals surface area contributed by atoms with E-state index in [1.54, 1.807) is 13.0 Å². The summed E-state index contributed by atoms with van der Waals surface area (Å²) in [4.78, 5) is 47.9. The first-order valence-electron chi connectivity index (χ1n) is 17.0. The number of aromatic nitrogens is 1. The molecule has 1 aromatic carbocycles. The summed E-state index contributed by atoms with van der Waals surface area (Å²) in [6.07, 6.45) is 6.53. The number of sulfonamides is 1. The maximum absolute atomic E-state index is 14.7. The predicted octanol–water partition coefficient (Wildman–Crippen LogP) is 3.56. The van der Waals surface area contributed by atoms with Crippen molar-refractivity contribution >= 4 is 38.4 Å². The number of nitrogens with one attached hydrogen (secondary N) is 1. The summed E-state index contributed by atoms with van der Waals surface area (Å²) in [6.45, 7) is 5.37. The van der Waals surface area contributed by atoms with E-state index in [9.17, 15) is 27.2 Å². The molecule has 0 unspecified atom stereocenters. The van der Waals surface area contributed by atoms with Crippen LogP contribution in [0, 0.1) is 17.2 Å². The Hall–Kier alpha value is -3.62. The summed E-state index contributed by atoms with van der Waals surface area (Å²) in [5, 5.41) is 1.01. The zero-order valence-corrected chi connectivity index (χ0v) is 29.1. The van der Waals surface area contributed by atoms with E-state index in [1.807, 2.05) is 26.0 Å². The Morgan fingerprint density at radius 1 is 1.27 bits per heavy atom. The fourth-order valence-electron chi connectivity index (χ4n) is 7.08. The summed E-state index contributed by atoms with van der Waals surface area (Å²) in [6, 6.07) is 2.40. The number of benzene rings is 1. The third-order valence-corrected chi connectivity index (χ3v) is 12.9. The van der Waals surface area contributed by atoms with Gasteiger partial charge in [0.15, 0.2) is 17.3 Å². The van der Waals surface area contributed by atoms with Gasteiger partial charge in [-0.25, -0.2) is 17.8 Å². The maximum Gasteiger partial charge on any atom is 0.242 e. The molecule has 2 saturated carbocycles. The van der Waals surface area contributed by atoms with Gasteiger partial charge in [0.05, 0.1) is 42.1 Å². The van der Waals surface area contributed by atoms with E-state index in [1.165, 1.54) is 30.3 Å². The number of rotatable bonds is 7. The second kappa shape index (κ2) is 13.3. The molecule has 3 fully saturated rings. The molecule has 2 aliphatic heterocycles. The van der Waals surface area contributed by atoms with Gasteiger partial charge in [0.2, 0.25) is 27.7 Å². The van der Waals surface area contributed by atoms with Crippen LogP contribution in [0.1, 0.15) is 72.1 Å². The molecule has 7 atom stereocenters. The van der Waals surface area contributed by atoms with Crippen LogP contribution in [-0.2, 0) is 29.1 Å². The molecular formula is C35H45FN4O8S. The topological polar surface area (TPSA) is 167 Å². The van der Waals surface area contributed by atoms with Crippen molar-refractivity contribution in [2.75, 3.05) is 13.7 Å². The second-order valence-corrected chi connectivity index (χ2v) is 16.4. The number of amides is 2. The maximum atomic E-state index is 14.7. The van der Waals surface area contributed by atoms with Crippen molar-refractivity contribution in [3.8, 4) is 11.6 Å². The van der Waals surface area contributed by atoms with E-state index in [-0.39, 0.29) is 43.0 Å². The number of carbonyl (C=O) groups is 3. The summed E-state index contributed by atoms with van der Waals surface area (Å²) < 4.78 is 59.7. The average molecular weight is 701 g/mol. The molecule has 3 N–H and O–H groups in total. The SMILES string of the molecule is CC[C@@H]1O[C@H](C)CC/C=C\[C@@H]2C[C@@]2(C(=O)NS(=O)(=O)C2(C)CC2)CC(=O)[C@@H]2C[C@@H](Oc3nccc4cc(OC)c(F)cc34)CN2C(=O)[C@H]1N. The quantitative estimate of drug-likeness (QED) is 0.408. The number of hydrogen-bond acceptors (Lipinski definition) is 10. The van der Waals surface area contributed by atoms with E-state index >= 15 is 0 Å². The molecule has 266 valence electrons. The molecule has 0 bridgehead atoms. The van der Waals surface area contributed by atoms with E-state index < -0.39 is 67.9 Å². The van der Waals surface area contributed by atoms with Crippen LogP contribution in [0.4, 0.5) is 4.39 Å². The lowest BCUT2D eigenvalue weighted by molar-refractivity contribution is -0.143. The van der Waals surface area contributed by atoms with Crippen LogP contribution >= 0.6 is 0 Å². The number of methoxy groups -OCH3 is 1. The number of ether oxygens (including phenoxy) is 3. The first-order valence-corrected chi connectivity index (χ1v) is 18.5. The van der Waals surface area contributed by atoms with Crippen molar-refractivity contribution < 1.29 is 41.4 Å². The van der Waals surface area contributed by atoms with Gasteiger partial charge in [-0.05, 0) is 81.9 Å². The van der Waals surface area contributed by atoms with Crippen LogP contribution < -0.4 is 19.9 Å². The minimum Gasteiger partial charge on any atom is -0.494 e. The number of nitrogens with two attached hydrogens (primary N) is 1. The Morgan fingerprint density at radius 2 is 2.02 bits per heavy atom. The fraction of sp³-hybridized carbons (Fsp3) is 0.600. The lowest BCUT2D eigenvalue weighted by Crippen LogP contribution is -2.54. The zero-order chi connectivity index (χ0) is 35.3. The van der Waals surface area contributed by atoms with Crippen LogP contribution in [-0.4, -0.2) is 84.7 Å². The number of halogens is 1. The number of carbonyl (C=O) groups excluding carboxylic acids is 3. The van der Waals surface area contributed by atoms with Crippen molar-refractivity contribution in [1.82, 2.24) is 14.6 Å². The molecule has 0 spiro atoms. The predicted molar refractivity (Wildman–Crippen MR) is 179 cm³/mol. The first-order chi connectivity index (χ1) is 23.2. The number of ketones is 1. The third-order valence-electron chi connectivity index (χ3n) is 10.7. The number of fused-ring (bicyclic) bond motifs is 3. The van der Waals surface area contributed by atoms with Crippen molar-refractivity contribution in [1.29, 1.82) is 0 Å². The molecule has 6 rings (SSSR count). The molecule has 3 heterocycles. The van der Waals surface area contributed by atoms with E-state index in [0.29, 0.717) is 49.3 Å². The fourth-order valence-corrected chi connectivity index (χ4v) is 8.41. The normalized spacial score (nSPS) is 32.3. The first kappa shape index (κ1) is 35.2. The molecule has 49 heavy (non-hydrogen) atoms. The van der Waals surface area contributed by atoms with Crippen molar-refractivity contribution in [2.45, 2.75) is 107 Å². The van der Waals surface area contributed by atoms with Crippen LogP contribution in [0.15, 0.2) is 36.5 Å². The van der Waals surface area contributed by atoms with Gasteiger partial charge in [0.25, 0.3) is 0 Å². The smallest absolute Gasteiger partial charge is 0.242 e. The van der Waals surface area contributed by atoms with Crippen molar-refractivity contribution in [2.24, 2.45) is 17.1 Å². The highest BCUT2D eigenvalue weighted by Crippen LogP contribution is 2.57. The Kier molecular flexibility index (Phi) is 9.53. The number of pyridine rings is 1. The lowest BCUT2D eigenvalue weighted by atomic mass is 9.91. The number of nitrogens with zero attached hydrogens (tertiary/aromatic N) is 2. The van der Waals surface area contributed by atoms with Gasteiger partial charge in [-0.1, -0.05) is 19.1 Å². The molecule has 1 saturated heterocycles. The largest absolute Gasteiger partial charge is 0.494 e. The van der Waals surface area contributed by atoms with Crippen molar-refractivity contribution in [3.63, 3.8) is 0 Å². The Labute approximate surface area is 286 Å². The van der Waals surface area contributed by atoms with Crippen molar-refractivity contribution in [3.05, 3.63) is 42.4 Å². The average Bonchev–Trinajstić information content (AvgIpc) is 3.94. The van der Waals surface area contributed by atoms with Gasteiger partial charge in [-0.3, -0.25) is 19.1 Å². The van der Waals surface area contributed by atoms with Crippen LogP contribution in [0.2, 0.25) is 0 Å². The highest BCUT2D eigenvalue weighted by molar-refractivity contribution is 7.91.